The zero-order valence-electron chi connectivity index (χ0n) is 57.8. The number of phosphoric ester groups is 1. The Kier molecular flexibility index (Phi) is 64.3. The van der Waals surface area contributed by atoms with Crippen LogP contribution in [0.4, 0.5) is 0 Å². The summed E-state index contributed by atoms with van der Waals surface area (Å²) in [7, 11) is 1.21. The van der Waals surface area contributed by atoms with Crippen LogP contribution in [-0.4, -0.2) is 69.4 Å². The second-order valence-corrected chi connectivity index (χ2v) is 28.6. The number of amides is 1. The molecule has 0 fully saturated rings. The fraction of sp³-hybridized carbons (Fsp3) is 0.920. The molecular weight excluding hydrogens is 1070 g/mol. The lowest BCUT2D eigenvalue weighted by Crippen LogP contribution is -2.47. The number of likely N-dealkylation sites (N-methyl/N-ethyl adjacent to an activating group) is 1. The molecule has 0 rings (SSSR count). The second kappa shape index (κ2) is 65.4. The molecule has 0 radical (unpaired) electrons. The summed E-state index contributed by atoms with van der Waals surface area (Å²) in [5, 5.41) is 3.06. The number of ether oxygens (including phenoxy) is 1. The normalized spacial score (nSPS) is 13.5. The predicted molar refractivity (Wildman–Crippen MR) is 367 cm³/mol. The van der Waals surface area contributed by atoms with E-state index in [9.17, 15) is 19.0 Å². The number of quaternary nitrogens is 1. The summed E-state index contributed by atoms with van der Waals surface area (Å²) in [5.74, 6) is -0.519. The van der Waals surface area contributed by atoms with Gasteiger partial charge in [0.2, 0.25) is 5.91 Å². The smallest absolute Gasteiger partial charge is 0.306 e. The van der Waals surface area contributed by atoms with Crippen LogP contribution in [0, 0.1) is 0 Å². The Morgan fingerprint density at radius 1 is 0.400 bits per heavy atom. The summed E-state index contributed by atoms with van der Waals surface area (Å²) in [6, 6.07) is -0.885. The number of rotatable bonds is 70. The van der Waals surface area contributed by atoms with Gasteiger partial charge in [0.25, 0.3) is 7.82 Å². The highest BCUT2D eigenvalue weighted by atomic mass is 31.2. The molecule has 3 unspecified atom stereocenters. The van der Waals surface area contributed by atoms with Gasteiger partial charge in [-0.15, -0.1) is 0 Å². The molecule has 1 N–H and O–H groups in total. The number of esters is 1. The van der Waals surface area contributed by atoms with E-state index in [0.717, 1.165) is 57.8 Å². The summed E-state index contributed by atoms with van der Waals surface area (Å²) in [6.07, 6.45) is 80.3. The van der Waals surface area contributed by atoms with Gasteiger partial charge in [-0.05, 0) is 57.4 Å². The SMILES string of the molecule is CCCCCCCC/C=C/CCCCCCCCCCCC(=O)OC(/C=C\CCCCCCCCCCCCC)C(COP(=O)([O-])OCC[N+](C)(C)C)NC(=O)CCCCCCCCCCCCCCCCCCCCCCCCCCCCC. The highest BCUT2D eigenvalue weighted by Gasteiger charge is 2.27. The maximum Gasteiger partial charge on any atom is 0.306 e. The number of nitrogens with one attached hydrogen (secondary N) is 1. The van der Waals surface area contributed by atoms with E-state index in [4.69, 9.17) is 13.8 Å². The van der Waals surface area contributed by atoms with E-state index in [1.54, 1.807) is 0 Å². The standard InChI is InChI=1S/C75H147N2O7P/c1-7-10-13-16-19-22-25-28-30-32-34-35-36-37-38-39-40-41-43-44-46-49-52-55-58-61-64-67-74(78)76-72(71-83-85(80,81)82-70-69-77(4,5)6)73(66-63-60-57-54-51-48-27-24-21-18-15-12-9-3)84-75(79)68-65-62-59-56-53-50-47-45-42-33-31-29-26-23-20-17-14-11-8-2/h29,31,63,66,72-73H,7-28,30,32-62,64-65,67-71H2,1-6H3,(H-,76,78,80,81)/b31-29+,66-63-. The third-order valence-electron chi connectivity index (χ3n) is 17.4. The molecule has 0 heterocycles. The van der Waals surface area contributed by atoms with Crippen molar-refractivity contribution in [2.24, 2.45) is 0 Å². The minimum atomic E-state index is -4.70. The lowest BCUT2D eigenvalue weighted by atomic mass is 10.0. The van der Waals surface area contributed by atoms with Gasteiger partial charge in [0.1, 0.15) is 19.3 Å². The lowest BCUT2D eigenvalue weighted by molar-refractivity contribution is -0.870. The van der Waals surface area contributed by atoms with Crippen LogP contribution in [0.25, 0.3) is 0 Å². The maximum absolute atomic E-state index is 13.6. The summed E-state index contributed by atoms with van der Waals surface area (Å²) >= 11 is 0. The van der Waals surface area contributed by atoms with E-state index in [1.165, 1.54) is 302 Å². The van der Waals surface area contributed by atoms with E-state index < -0.39 is 20.0 Å². The number of hydrogen-bond donors (Lipinski definition) is 1. The summed E-state index contributed by atoms with van der Waals surface area (Å²) in [6.45, 7) is 6.92. The number of hydrogen-bond acceptors (Lipinski definition) is 7. The first kappa shape index (κ1) is 83.5. The zero-order chi connectivity index (χ0) is 62.1. The Morgan fingerprint density at radius 3 is 1.00 bits per heavy atom. The Balaban J connectivity index is 4.97. The number of phosphoric acid groups is 1. The summed E-state index contributed by atoms with van der Waals surface area (Å²) < 4.78 is 30.5. The van der Waals surface area contributed by atoms with E-state index in [2.05, 4.69) is 38.2 Å². The minimum Gasteiger partial charge on any atom is -0.756 e. The monoisotopic (exact) mass is 1220 g/mol. The Hall–Kier alpha value is -1.51. The van der Waals surface area contributed by atoms with E-state index >= 15 is 0 Å². The van der Waals surface area contributed by atoms with Crippen molar-refractivity contribution in [2.45, 2.75) is 405 Å². The Morgan fingerprint density at radius 2 is 0.682 bits per heavy atom. The maximum atomic E-state index is 13.6. The first-order valence-corrected chi connectivity index (χ1v) is 39.1. The fourth-order valence-electron chi connectivity index (χ4n) is 11.6. The van der Waals surface area contributed by atoms with Gasteiger partial charge in [-0.3, -0.25) is 14.2 Å². The van der Waals surface area contributed by atoms with Crippen molar-refractivity contribution in [3.05, 3.63) is 24.3 Å². The van der Waals surface area contributed by atoms with Gasteiger partial charge >= 0.3 is 5.97 Å². The Bertz CT molecular complexity index is 1500. The van der Waals surface area contributed by atoms with Crippen molar-refractivity contribution in [3.8, 4) is 0 Å². The van der Waals surface area contributed by atoms with Gasteiger partial charge in [0, 0.05) is 12.8 Å². The molecule has 504 valence electrons. The van der Waals surface area contributed by atoms with Crippen molar-refractivity contribution in [2.75, 3.05) is 40.9 Å². The van der Waals surface area contributed by atoms with Crippen LogP contribution in [0.1, 0.15) is 393 Å². The number of nitrogens with zero attached hydrogens (tertiary/aromatic N) is 1. The van der Waals surface area contributed by atoms with Crippen LogP contribution in [-0.2, 0) is 27.9 Å². The number of allylic oxidation sites excluding steroid dienone is 3. The van der Waals surface area contributed by atoms with Crippen LogP contribution in [0.5, 0.6) is 0 Å². The predicted octanol–water partition coefficient (Wildman–Crippen LogP) is 23.4. The van der Waals surface area contributed by atoms with Crippen LogP contribution in [0.3, 0.4) is 0 Å². The molecule has 0 saturated heterocycles. The van der Waals surface area contributed by atoms with Crippen molar-refractivity contribution >= 4 is 19.7 Å². The van der Waals surface area contributed by atoms with Gasteiger partial charge < -0.3 is 28.5 Å². The highest BCUT2D eigenvalue weighted by molar-refractivity contribution is 7.45. The first-order chi connectivity index (χ1) is 41.4. The molecule has 9 nitrogen and oxygen atoms in total. The average molecular weight is 1220 g/mol. The zero-order valence-corrected chi connectivity index (χ0v) is 58.7. The minimum absolute atomic E-state index is 0.0184. The topological polar surface area (TPSA) is 114 Å². The van der Waals surface area contributed by atoms with E-state index in [0.29, 0.717) is 17.4 Å². The molecule has 0 saturated carbocycles. The molecule has 1 amide bonds. The third kappa shape index (κ3) is 66.7. The Labute approximate surface area is 530 Å². The molecule has 0 aromatic heterocycles. The van der Waals surface area contributed by atoms with Crippen LogP contribution in [0.15, 0.2) is 24.3 Å². The molecule has 0 spiro atoms. The van der Waals surface area contributed by atoms with Crippen LogP contribution in [0.2, 0.25) is 0 Å². The number of carbonyl (C=O) groups is 2. The molecule has 10 heteroatoms. The van der Waals surface area contributed by atoms with E-state index in [1.807, 2.05) is 33.3 Å². The molecular formula is C75H147N2O7P. The van der Waals surface area contributed by atoms with Crippen molar-refractivity contribution in [1.29, 1.82) is 0 Å². The van der Waals surface area contributed by atoms with Gasteiger partial charge in [-0.1, -0.05) is 347 Å². The summed E-state index contributed by atoms with van der Waals surface area (Å²) in [5.41, 5.74) is 0. The largest absolute Gasteiger partial charge is 0.756 e. The molecule has 3 atom stereocenters. The molecule has 0 bridgehead atoms. The van der Waals surface area contributed by atoms with Gasteiger partial charge in [-0.25, -0.2) is 0 Å². The quantitative estimate of drug-likeness (QED) is 0.0212. The van der Waals surface area contributed by atoms with Crippen LogP contribution < -0.4 is 10.2 Å². The third-order valence-corrected chi connectivity index (χ3v) is 18.3. The lowest BCUT2D eigenvalue weighted by Gasteiger charge is -2.30. The molecule has 0 aliphatic carbocycles. The van der Waals surface area contributed by atoms with Gasteiger partial charge in [0.05, 0.1) is 33.8 Å². The molecule has 85 heavy (non-hydrogen) atoms. The average Bonchev–Trinajstić information content (AvgIpc) is 3.50. The first-order valence-electron chi connectivity index (χ1n) is 37.6. The molecule has 0 aliphatic rings. The summed E-state index contributed by atoms with van der Waals surface area (Å²) in [4.78, 5) is 40.2. The fourth-order valence-corrected chi connectivity index (χ4v) is 12.3. The van der Waals surface area contributed by atoms with Gasteiger partial charge in [0.15, 0.2) is 0 Å². The highest BCUT2D eigenvalue weighted by Crippen LogP contribution is 2.38. The number of unbranched alkanes of at least 4 members (excludes halogenated alkanes) is 52. The van der Waals surface area contributed by atoms with Crippen molar-refractivity contribution in [3.63, 3.8) is 0 Å². The molecule has 0 aromatic rings. The van der Waals surface area contributed by atoms with Crippen molar-refractivity contribution < 1.29 is 37.3 Å². The molecule has 0 aromatic carbocycles. The van der Waals surface area contributed by atoms with Gasteiger partial charge in [-0.2, -0.15) is 0 Å². The number of carbonyl (C=O) groups excluding carboxylic acids is 2. The second-order valence-electron chi connectivity index (χ2n) is 27.2. The van der Waals surface area contributed by atoms with Crippen LogP contribution >= 0.6 is 7.82 Å². The molecule has 0 aliphatic heterocycles. The van der Waals surface area contributed by atoms with E-state index in [-0.39, 0.29) is 31.5 Å². The van der Waals surface area contributed by atoms with Crippen molar-refractivity contribution in [1.82, 2.24) is 5.32 Å².